The summed E-state index contributed by atoms with van der Waals surface area (Å²) in [5.41, 5.74) is 4.96. The van der Waals surface area contributed by atoms with Crippen LogP contribution in [0.1, 0.15) is 42.6 Å². The first-order valence-electron chi connectivity index (χ1n) is 10.8. The van der Waals surface area contributed by atoms with Gasteiger partial charge in [0.15, 0.2) is 11.6 Å². The molecule has 164 valence electrons. The number of hydrogen-bond donors (Lipinski definition) is 1. The minimum absolute atomic E-state index is 0.00161. The third-order valence-electron chi connectivity index (χ3n) is 5.98. The van der Waals surface area contributed by atoms with Crippen LogP contribution in [0.2, 0.25) is 0 Å². The maximum absolute atomic E-state index is 13.8. The van der Waals surface area contributed by atoms with Crippen LogP contribution in [0.3, 0.4) is 0 Å². The zero-order valence-electron chi connectivity index (χ0n) is 18.5. The molecule has 0 aliphatic carbocycles. The first kappa shape index (κ1) is 22.0. The number of fused-ring (bicyclic) bond motifs is 1. The highest BCUT2D eigenvalue weighted by Crippen LogP contribution is 2.33. The van der Waals surface area contributed by atoms with E-state index >= 15 is 0 Å². The van der Waals surface area contributed by atoms with E-state index < -0.39 is 6.67 Å². The number of halogens is 2. The van der Waals surface area contributed by atoms with Gasteiger partial charge in [-0.3, -0.25) is 0 Å². The molecule has 0 aromatic heterocycles. The fraction of sp³-hybridized carbons (Fsp3) is 0.214. The third-order valence-corrected chi connectivity index (χ3v) is 5.98. The zero-order valence-corrected chi connectivity index (χ0v) is 18.5. The van der Waals surface area contributed by atoms with Crippen LogP contribution in [0.5, 0.6) is 5.75 Å². The summed E-state index contributed by atoms with van der Waals surface area (Å²) in [7, 11) is 1.47. The first-order valence-corrected chi connectivity index (χ1v) is 10.8. The summed E-state index contributed by atoms with van der Waals surface area (Å²) in [5.74, 6) is -0.122. The molecular weight excluding hydrogens is 404 g/mol. The smallest absolute Gasteiger partial charge is 0.165 e. The molecule has 2 nitrogen and oxygen atoms in total. The van der Waals surface area contributed by atoms with Gasteiger partial charge in [0, 0.05) is 12.1 Å². The molecule has 2 atom stereocenters. The van der Waals surface area contributed by atoms with Crippen molar-refractivity contribution in [1.82, 2.24) is 5.32 Å². The van der Waals surface area contributed by atoms with Gasteiger partial charge in [0.05, 0.1) is 7.11 Å². The SMILES string of the molecule is COc1cc([C@@H](C)NC(C)c2cc(-c3ccc(CF)cc3)c3ccccc3c2)ccc1F. The fourth-order valence-electron chi connectivity index (χ4n) is 4.11. The maximum Gasteiger partial charge on any atom is 0.165 e. The predicted octanol–water partition coefficient (Wildman–Crippen LogP) is 7.54. The summed E-state index contributed by atoms with van der Waals surface area (Å²) < 4.78 is 31.9. The number of rotatable bonds is 7. The number of nitrogens with one attached hydrogen (secondary N) is 1. The van der Waals surface area contributed by atoms with Gasteiger partial charge >= 0.3 is 0 Å². The van der Waals surface area contributed by atoms with Crippen molar-refractivity contribution in [2.45, 2.75) is 32.6 Å². The first-order chi connectivity index (χ1) is 15.5. The Kier molecular flexibility index (Phi) is 6.52. The molecular formula is C28H27F2NO. The van der Waals surface area contributed by atoms with Crippen molar-refractivity contribution in [3.8, 4) is 16.9 Å². The highest BCUT2D eigenvalue weighted by Gasteiger charge is 2.16. The molecule has 0 fully saturated rings. The van der Waals surface area contributed by atoms with Crippen LogP contribution in [0.4, 0.5) is 8.78 Å². The second-order valence-electron chi connectivity index (χ2n) is 8.12. The van der Waals surface area contributed by atoms with Gasteiger partial charge in [-0.2, -0.15) is 0 Å². The van der Waals surface area contributed by atoms with Crippen molar-refractivity contribution >= 4 is 10.8 Å². The van der Waals surface area contributed by atoms with Crippen LogP contribution in [-0.4, -0.2) is 7.11 Å². The van der Waals surface area contributed by atoms with Gasteiger partial charge in [-0.1, -0.05) is 54.6 Å². The molecule has 4 aromatic rings. The van der Waals surface area contributed by atoms with Crippen LogP contribution >= 0.6 is 0 Å². The molecule has 4 rings (SSSR count). The zero-order chi connectivity index (χ0) is 22.7. The number of ether oxygens (including phenoxy) is 1. The lowest BCUT2D eigenvalue weighted by molar-refractivity contribution is 0.384. The van der Waals surface area contributed by atoms with Gasteiger partial charge in [0.25, 0.3) is 0 Å². The van der Waals surface area contributed by atoms with E-state index in [1.54, 1.807) is 12.1 Å². The van der Waals surface area contributed by atoms with Crippen LogP contribution in [-0.2, 0) is 6.67 Å². The van der Waals surface area contributed by atoms with E-state index in [1.165, 1.54) is 13.2 Å². The van der Waals surface area contributed by atoms with Gasteiger partial charge in [0.1, 0.15) is 6.67 Å². The average molecular weight is 432 g/mol. The molecule has 0 spiro atoms. The summed E-state index contributed by atoms with van der Waals surface area (Å²) in [5, 5.41) is 5.93. The van der Waals surface area contributed by atoms with E-state index in [0.29, 0.717) is 5.56 Å². The summed E-state index contributed by atoms with van der Waals surface area (Å²) in [6, 6.07) is 25.3. The van der Waals surface area contributed by atoms with Crippen molar-refractivity contribution in [3.63, 3.8) is 0 Å². The lowest BCUT2D eigenvalue weighted by Crippen LogP contribution is -2.22. The van der Waals surface area contributed by atoms with Crippen LogP contribution < -0.4 is 10.1 Å². The number of alkyl halides is 1. The molecule has 0 saturated carbocycles. The third kappa shape index (κ3) is 4.51. The highest BCUT2D eigenvalue weighted by atomic mass is 19.1. The Bertz CT molecular complexity index is 1220. The molecule has 4 aromatic carbocycles. The van der Waals surface area contributed by atoms with E-state index in [9.17, 15) is 8.78 Å². The van der Waals surface area contributed by atoms with E-state index in [-0.39, 0.29) is 23.7 Å². The molecule has 0 aliphatic heterocycles. The second kappa shape index (κ2) is 9.49. The molecule has 1 unspecified atom stereocenters. The Balaban J connectivity index is 1.67. The van der Waals surface area contributed by atoms with Crippen molar-refractivity contribution in [3.05, 3.63) is 101 Å². The molecule has 0 radical (unpaired) electrons. The molecule has 0 amide bonds. The molecule has 1 N–H and O–H groups in total. The number of benzene rings is 4. The summed E-state index contributed by atoms with van der Waals surface area (Å²) >= 11 is 0. The lowest BCUT2D eigenvalue weighted by Gasteiger charge is -2.22. The average Bonchev–Trinajstić information content (AvgIpc) is 2.83. The quantitative estimate of drug-likeness (QED) is 0.326. The maximum atomic E-state index is 13.8. The molecule has 0 heterocycles. The standard InChI is InChI=1S/C28H27F2NO/c1-18(22-12-13-27(30)28(16-22)32-3)31-19(2)24-14-23-6-4-5-7-25(23)26(15-24)21-10-8-20(17-29)9-11-21/h4-16,18-19,31H,17H2,1-3H3/t18-,19?/m1/s1. The predicted molar refractivity (Wildman–Crippen MR) is 127 cm³/mol. The summed E-state index contributed by atoms with van der Waals surface area (Å²) in [4.78, 5) is 0. The Morgan fingerprint density at radius 3 is 2.28 bits per heavy atom. The monoisotopic (exact) mass is 431 g/mol. The fourth-order valence-corrected chi connectivity index (χ4v) is 4.11. The Morgan fingerprint density at radius 1 is 0.844 bits per heavy atom. The molecule has 0 saturated heterocycles. The van der Waals surface area contributed by atoms with Gasteiger partial charge in [-0.15, -0.1) is 0 Å². The van der Waals surface area contributed by atoms with Crippen molar-refractivity contribution in [2.75, 3.05) is 7.11 Å². The minimum Gasteiger partial charge on any atom is -0.494 e. The van der Waals surface area contributed by atoms with E-state index in [0.717, 1.165) is 33.0 Å². The Morgan fingerprint density at radius 2 is 1.56 bits per heavy atom. The van der Waals surface area contributed by atoms with E-state index in [1.807, 2.05) is 36.4 Å². The van der Waals surface area contributed by atoms with Crippen molar-refractivity contribution in [2.24, 2.45) is 0 Å². The van der Waals surface area contributed by atoms with Gasteiger partial charge in [-0.05, 0) is 76.7 Å². The van der Waals surface area contributed by atoms with Crippen LogP contribution in [0.25, 0.3) is 21.9 Å². The van der Waals surface area contributed by atoms with Crippen LogP contribution in [0.15, 0.2) is 78.9 Å². The normalized spacial score (nSPS) is 13.2. The summed E-state index contributed by atoms with van der Waals surface area (Å²) in [6.45, 7) is 3.71. The van der Waals surface area contributed by atoms with Crippen molar-refractivity contribution < 1.29 is 13.5 Å². The Hall–Kier alpha value is -3.24. The highest BCUT2D eigenvalue weighted by molar-refractivity contribution is 5.97. The van der Waals surface area contributed by atoms with Gasteiger partial charge in [0.2, 0.25) is 0 Å². The van der Waals surface area contributed by atoms with Gasteiger partial charge in [-0.25, -0.2) is 8.78 Å². The molecule has 0 aliphatic rings. The second-order valence-corrected chi connectivity index (χ2v) is 8.12. The van der Waals surface area contributed by atoms with E-state index in [4.69, 9.17) is 4.74 Å². The molecule has 32 heavy (non-hydrogen) atoms. The molecule has 4 heteroatoms. The molecule has 0 bridgehead atoms. The summed E-state index contributed by atoms with van der Waals surface area (Å²) in [6.07, 6.45) is 0. The lowest BCUT2D eigenvalue weighted by atomic mass is 9.93. The van der Waals surface area contributed by atoms with Gasteiger partial charge < -0.3 is 10.1 Å². The topological polar surface area (TPSA) is 21.3 Å². The number of hydrogen-bond acceptors (Lipinski definition) is 2. The minimum atomic E-state index is -0.464. The van der Waals surface area contributed by atoms with Crippen LogP contribution in [0, 0.1) is 5.82 Å². The van der Waals surface area contributed by atoms with Crippen molar-refractivity contribution in [1.29, 1.82) is 0 Å². The van der Waals surface area contributed by atoms with E-state index in [2.05, 4.69) is 43.4 Å². The Labute approximate surface area is 187 Å². The number of methoxy groups -OCH3 is 1. The largest absolute Gasteiger partial charge is 0.494 e.